The van der Waals surface area contributed by atoms with Crippen molar-refractivity contribution in [1.82, 2.24) is 5.32 Å². The molecule has 0 amide bonds. The first kappa shape index (κ1) is 23.4. The molecule has 1 N–H and O–H groups in total. The van der Waals surface area contributed by atoms with Crippen LogP contribution >= 0.6 is 23.2 Å². The van der Waals surface area contributed by atoms with E-state index < -0.39 is 23.8 Å². The van der Waals surface area contributed by atoms with E-state index >= 15 is 0 Å². The Labute approximate surface area is 191 Å². The molecule has 6 nitrogen and oxygen atoms in total. The number of rotatable bonds is 5. The van der Waals surface area contributed by atoms with E-state index in [4.69, 9.17) is 32.7 Å². The number of halogens is 2. The number of hydrogen-bond acceptors (Lipinski definition) is 6. The van der Waals surface area contributed by atoms with Gasteiger partial charge in [-0.2, -0.15) is 0 Å². The number of Topliss-reactive ketones (excluding diaryl/α,β-unsaturated/α-hetero) is 1. The van der Waals surface area contributed by atoms with E-state index in [-0.39, 0.29) is 18.3 Å². The SMILES string of the molecule is CCCOC(=O)C1=C(C)NC2=C(C(=O)[C@H](C(=O)OC)[C@H](C)C2)[C@@H]1c1ccc(Cl)c(Cl)c1. The molecule has 0 bridgehead atoms. The van der Waals surface area contributed by atoms with Crippen molar-refractivity contribution < 1.29 is 23.9 Å². The number of dihydropyridines is 1. The van der Waals surface area contributed by atoms with Crippen LogP contribution in [0, 0.1) is 11.8 Å². The van der Waals surface area contributed by atoms with E-state index in [2.05, 4.69) is 5.32 Å². The Balaban J connectivity index is 2.18. The third-order valence-electron chi connectivity index (χ3n) is 5.68. The molecule has 0 spiro atoms. The Morgan fingerprint density at radius 1 is 1.23 bits per heavy atom. The van der Waals surface area contributed by atoms with Crippen LogP contribution in [0.4, 0.5) is 0 Å². The lowest BCUT2D eigenvalue weighted by molar-refractivity contribution is -0.151. The number of allylic oxidation sites excluding steroid dienone is 3. The first-order valence-corrected chi connectivity index (χ1v) is 10.9. The normalized spacial score (nSPS) is 23.3. The minimum Gasteiger partial charge on any atom is -0.468 e. The Kier molecular flexibility index (Phi) is 7.12. The van der Waals surface area contributed by atoms with Crippen LogP contribution in [0.1, 0.15) is 45.1 Å². The summed E-state index contributed by atoms with van der Waals surface area (Å²) in [5, 5.41) is 3.88. The second kappa shape index (κ2) is 9.45. The van der Waals surface area contributed by atoms with Gasteiger partial charge in [0.25, 0.3) is 0 Å². The van der Waals surface area contributed by atoms with Gasteiger partial charge in [0.2, 0.25) is 0 Å². The van der Waals surface area contributed by atoms with Crippen molar-refractivity contribution in [2.45, 2.75) is 39.5 Å². The molecule has 0 fully saturated rings. The maximum absolute atomic E-state index is 13.6. The fourth-order valence-corrected chi connectivity index (χ4v) is 4.56. The van der Waals surface area contributed by atoms with Crippen molar-refractivity contribution >= 4 is 40.9 Å². The number of ketones is 1. The summed E-state index contributed by atoms with van der Waals surface area (Å²) in [6.45, 7) is 5.77. The molecule has 0 radical (unpaired) electrons. The highest BCUT2D eigenvalue weighted by molar-refractivity contribution is 6.42. The zero-order valence-electron chi connectivity index (χ0n) is 17.9. The second-order valence-corrected chi connectivity index (χ2v) is 8.66. The lowest BCUT2D eigenvalue weighted by atomic mass is 9.69. The quantitative estimate of drug-likeness (QED) is 0.506. The minimum atomic E-state index is -0.942. The Morgan fingerprint density at radius 3 is 2.55 bits per heavy atom. The van der Waals surface area contributed by atoms with Gasteiger partial charge in [-0.1, -0.05) is 43.1 Å². The summed E-state index contributed by atoms with van der Waals surface area (Å²) in [6, 6.07) is 5.00. The lowest BCUT2D eigenvalue weighted by Crippen LogP contribution is -2.43. The summed E-state index contributed by atoms with van der Waals surface area (Å²) in [5.41, 5.74) is 2.60. The van der Waals surface area contributed by atoms with Gasteiger partial charge >= 0.3 is 11.9 Å². The topological polar surface area (TPSA) is 81.7 Å². The molecule has 8 heteroatoms. The van der Waals surface area contributed by atoms with Gasteiger partial charge < -0.3 is 14.8 Å². The highest BCUT2D eigenvalue weighted by Gasteiger charge is 2.47. The van der Waals surface area contributed by atoms with Gasteiger partial charge in [0.1, 0.15) is 5.92 Å². The van der Waals surface area contributed by atoms with Crippen LogP contribution in [0.3, 0.4) is 0 Å². The fraction of sp³-hybridized carbons (Fsp3) is 0.435. The van der Waals surface area contributed by atoms with Gasteiger partial charge in [-0.05, 0) is 43.4 Å². The Morgan fingerprint density at radius 2 is 1.94 bits per heavy atom. The number of ether oxygens (including phenoxy) is 2. The Bertz CT molecular complexity index is 998. The number of methoxy groups -OCH3 is 1. The number of hydrogen-bond donors (Lipinski definition) is 1. The van der Waals surface area contributed by atoms with Crippen LogP contribution in [0.25, 0.3) is 0 Å². The highest BCUT2D eigenvalue weighted by Crippen LogP contribution is 2.46. The molecule has 0 unspecified atom stereocenters. The molecule has 2 aliphatic rings. The largest absolute Gasteiger partial charge is 0.468 e. The predicted molar refractivity (Wildman–Crippen MR) is 118 cm³/mol. The summed E-state index contributed by atoms with van der Waals surface area (Å²) in [5.74, 6) is -3.39. The number of carbonyl (C=O) groups excluding carboxylic acids is 3. The molecule has 166 valence electrons. The van der Waals surface area contributed by atoms with E-state index in [0.717, 1.165) is 0 Å². The standard InChI is InChI=1S/C23H25Cl2NO5/c1-5-8-31-23(29)18-12(3)26-16-9-11(2)17(22(28)30-4)21(27)20(16)19(18)13-6-7-14(24)15(25)10-13/h6-7,10-11,17,19,26H,5,8-9H2,1-4H3/t11-,17-,19-/m1/s1. The third kappa shape index (κ3) is 4.37. The molecule has 3 rings (SSSR count). The second-order valence-electron chi connectivity index (χ2n) is 7.84. The summed E-state index contributed by atoms with van der Waals surface area (Å²) in [7, 11) is 1.26. The predicted octanol–water partition coefficient (Wildman–Crippen LogP) is 4.56. The maximum Gasteiger partial charge on any atom is 0.336 e. The first-order chi connectivity index (χ1) is 14.7. The molecule has 1 aliphatic carbocycles. The number of benzene rings is 1. The molecule has 1 heterocycles. The van der Waals surface area contributed by atoms with Crippen LogP contribution < -0.4 is 5.32 Å². The number of carbonyl (C=O) groups is 3. The van der Waals surface area contributed by atoms with Crippen molar-refractivity contribution in [3.8, 4) is 0 Å². The van der Waals surface area contributed by atoms with Gasteiger partial charge in [-0.15, -0.1) is 0 Å². The molecule has 0 aromatic heterocycles. The maximum atomic E-state index is 13.6. The third-order valence-corrected chi connectivity index (χ3v) is 6.42. The zero-order valence-corrected chi connectivity index (χ0v) is 19.4. The molecule has 1 aliphatic heterocycles. The van der Waals surface area contributed by atoms with E-state index in [1.807, 2.05) is 13.8 Å². The molecular weight excluding hydrogens is 441 g/mol. The summed E-state index contributed by atoms with van der Waals surface area (Å²) < 4.78 is 10.3. The average Bonchev–Trinajstić information content (AvgIpc) is 2.72. The molecule has 1 aromatic carbocycles. The van der Waals surface area contributed by atoms with E-state index in [9.17, 15) is 14.4 Å². The molecule has 3 atom stereocenters. The van der Waals surface area contributed by atoms with Crippen molar-refractivity contribution in [2.75, 3.05) is 13.7 Å². The van der Waals surface area contributed by atoms with Gasteiger partial charge in [0.15, 0.2) is 5.78 Å². The van der Waals surface area contributed by atoms with Crippen molar-refractivity contribution in [2.24, 2.45) is 11.8 Å². The van der Waals surface area contributed by atoms with Crippen LogP contribution in [-0.4, -0.2) is 31.4 Å². The minimum absolute atomic E-state index is 0.248. The Hall–Kier alpha value is -2.31. The number of esters is 2. The fourth-order valence-electron chi connectivity index (χ4n) is 4.25. The molecular formula is C23H25Cl2NO5. The van der Waals surface area contributed by atoms with Crippen LogP contribution in [-0.2, 0) is 23.9 Å². The molecule has 0 saturated heterocycles. The van der Waals surface area contributed by atoms with Gasteiger partial charge in [0, 0.05) is 22.9 Å². The molecule has 1 aromatic rings. The summed E-state index contributed by atoms with van der Waals surface area (Å²) >= 11 is 12.4. The molecule has 0 saturated carbocycles. The van der Waals surface area contributed by atoms with Gasteiger partial charge in [0.05, 0.1) is 29.3 Å². The van der Waals surface area contributed by atoms with Crippen LogP contribution in [0.5, 0.6) is 0 Å². The van der Waals surface area contributed by atoms with Crippen LogP contribution in [0.15, 0.2) is 40.7 Å². The van der Waals surface area contributed by atoms with Crippen LogP contribution in [0.2, 0.25) is 10.0 Å². The van der Waals surface area contributed by atoms with E-state index in [1.54, 1.807) is 25.1 Å². The summed E-state index contributed by atoms with van der Waals surface area (Å²) in [6.07, 6.45) is 1.13. The lowest BCUT2D eigenvalue weighted by Gasteiger charge is -2.38. The van der Waals surface area contributed by atoms with Gasteiger partial charge in [-0.25, -0.2) is 4.79 Å². The van der Waals surface area contributed by atoms with E-state index in [1.165, 1.54) is 7.11 Å². The molecule has 31 heavy (non-hydrogen) atoms. The van der Waals surface area contributed by atoms with Gasteiger partial charge in [-0.3, -0.25) is 9.59 Å². The highest BCUT2D eigenvalue weighted by atomic mass is 35.5. The van der Waals surface area contributed by atoms with E-state index in [0.29, 0.717) is 51.0 Å². The first-order valence-electron chi connectivity index (χ1n) is 10.2. The summed E-state index contributed by atoms with van der Waals surface area (Å²) in [4.78, 5) is 39.0. The average molecular weight is 466 g/mol. The van der Waals surface area contributed by atoms with Crippen molar-refractivity contribution in [3.05, 3.63) is 56.3 Å². The zero-order chi connectivity index (χ0) is 22.9. The monoisotopic (exact) mass is 465 g/mol. The number of nitrogens with one attached hydrogen (secondary N) is 1. The van der Waals surface area contributed by atoms with Crippen molar-refractivity contribution in [1.29, 1.82) is 0 Å². The van der Waals surface area contributed by atoms with Crippen molar-refractivity contribution in [3.63, 3.8) is 0 Å². The smallest absolute Gasteiger partial charge is 0.336 e.